The van der Waals surface area contributed by atoms with Gasteiger partial charge in [0.15, 0.2) is 0 Å². The molecule has 0 saturated heterocycles. The fraction of sp³-hybridized carbons (Fsp3) is 0.100. The maximum atomic E-state index is 10.8. The molecule has 0 unspecified atom stereocenters. The lowest BCUT2D eigenvalue weighted by Gasteiger charge is -1.98. The number of hydrogen-bond acceptors (Lipinski definition) is 4. The van der Waals surface area contributed by atoms with Crippen LogP contribution in [0.3, 0.4) is 0 Å². The molecular weight excluding hydrogens is 248 g/mol. The number of hydrogen-bond donors (Lipinski definition) is 1. The van der Waals surface area contributed by atoms with Crippen molar-refractivity contribution in [3.63, 3.8) is 0 Å². The molecule has 0 bridgehead atoms. The van der Waals surface area contributed by atoms with Gasteiger partial charge in [0.25, 0.3) is 0 Å². The standard InChI is InChI=1S/C10H8O2S3/c11-10(12)8-5-13-6-9(8)15-4-7-2-1-3-14-7/h1-3,5-6H,4H2,(H,11,12). The van der Waals surface area contributed by atoms with Crippen molar-refractivity contribution in [1.82, 2.24) is 0 Å². The summed E-state index contributed by atoms with van der Waals surface area (Å²) in [5, 5.41) is 14.5. The number of aromatic carboxylic acids is 1. The van der Waals surface area contributed by atoms with Crippen molar-refractivity contribution >= 4 is 40.4 Å². The zero-order chi connectivity index (χ0) is 10.7. The number of carbonyl (C=O) groups is 1. The van der Waals surface area contributed by atoms with Crippen LogP contribution in [0.5, 0.6) is 0 Å². The molecule has 0 aliphatic carbocycles. The molecule has 5 heteroatoms. The Morgan fingerprint density at radius 1 is 1.47 bits per heavy atom. The third-order valence-corrected chi connectivity index (χ3v) is 4.86. The Bertz CT molecular complexity index is 445. The summed E-state index contributed by atoms with van der Waals surface area (Å²) in [6.07, 6.45) is 0. The maximum absolute atomic E-state index is 10.8. The van der Waals surface area contributed by atoms with Crippen LogP contribution in [0.25, 0.3) is 0 Å². The molecule has 15 heavy (non-hydrogen) atoms. The minimum Gasteiger partial charge on any atom is -0.478 e. The fourth-order valence-corrected chi connectivity index (χ4v) is 3.93. The van der Waals surface area contributed by atoms with E-state index in [4.69, 9.17) is 5.11 Å². The molecule has 0 spiro atoms. The van der Waals surface area contributed by atoms with E-state index in [0.29, 0.717) is 5.56 Å². The van der Waals surface area contributed by atoms with Gasteiger partial charge >= 0.3 is 5.97 Å². The van der Waals surface area contributed by atoms with Crippen LogP contribution in [0, 0.1) is 0 Å². The van der Waals surface area contributed by atoms with Gasteiger partial charge < -0.3 is 5.11 Å². The van der Waals surface area contributed by atoms with E-state index in [9.17, 15) is 4.79 Å². The summed E-state index contributed by atoms with van der Waals surface area (Å²) in [4.78, 5) is 13.0. The number of carboxylic acids is 1. The number of carboxylic acid groups (broad SMARTS) is 1. The highest BCUT2D eigenvalue weighted by Crippen LogP contribution is 2.30. The van der Waals surface area contributed by atoms with Gasteiger partial charge in [-0.15, -0.1) is 23.1 Å². The van der Waals surface area contributed by atoms with E-state index in [1.807, 2.05) is 16.8 Å². The third kappa shape index (κ3) is 2.62. The molecule has 78 valence electrons. The second-order valence-corrected chi connectivity index (χ2v) is 5.62. The van der Waals surface area contributed by atoms with Gasteiger partial charge in [-0.05, 0) is 11.4 Å². The molecule has 2 heterocycles. The zero-order valence-electron chi connectivity index (χ0n) is 7.67. The van der Waals surface area contributed by atoms with Crippen molar-refractivity contribution in [2.45, 2.75) is 10.6 Å². The van der Waals surface area contributed by atoms with Crippen LogP contribution in [0.4, 0.5) is 0 Å². The predicted molar refractivity (Wildman–Crippen MR) is 65.2 cm³/mol. The van der Waals surface area contributed by atoms with Crippen LogP contribution in [0.15, 0.2) is 33.2 Å². The Kier molecular flexibility index (Phi) is 3.45. The highest BCUT2D eigenvalue weighted by molar-refractivity contribution is 7.98. The van der Waals surface area contributed by atoms with E-state index >= 15 is 0 Å². The minimum absolute atomic E-state index is 0.418. The molecule has 0 aliphatic heterocycles. The molecule has 0 aliphatic rings. The van der Waals surface area contributed by atoms with Crippen LogP contribution in [0.2, 0.25) is 0 Å². The fourth-order valence-electron chi connectivity index (χ4n) is 1.10. The molecule has 0 aromatic carbocycles. The van der Waals surface area contributed by atoms with Crippen molar-refractivity contribution in [2.75, 3.05) is 0 Å². The van der Waals surface area contributed by atoms with Gasteiger partial charge in [-0.2, -0.15) is 11.3 Å². The van der Waals surface area contributed by atoms with E-state index < -0.39 is 5.97 Å². The van der Waals surface area contributed by atoms with Crippen LogP contribution >= 0.6 is 34.4 Å². The third-order valence-electron chi connectivity index (χ3n) is 1.81. The normalized spacial score (nSPS) is 10.4. The van der Waals surface area contributed by atoms with Crippen LogP contribution < -0.4 is 0 Å². The summed E-state index contributed by atoms with van der Waals surface area (Å²) in [6, 6.07) is 4.07. The largest absolute Gasteiger partial charge is 0.478 e. The van der Waals surface area contributed by atoms with Gasteiger partial charge in [0.2, 0.25) is 0 Å². The van der Waals surface area contributed by atoms with Crippen molar-refractivity contribution < 1.29 is 9.90 Å². The molecule has 2 aromatic heterocycles. The van der Waals surface area contributed by atoms with Crippen molar-refractivity contribution in [3.05, 3.63) is 38.7 Å². The number of thioether (sulfide) groups is 1. The summed E-state index contributed by atoms with van der Waals surface area (Å²) >= 11 is 4.71. The van der Waals surface area contributed by atoms with Gasteiger partial charge in [0, 0.05) is 26.3 Å². The van der Waals surface area contributed by atoms with Crippen molar-refractivity contribution in [2.24, 2.45) is 0 Å². The maximum Gasteiger partial charge on any atom is 0.337 e. The summed E-state index contributed by atoms with van der Waals surface area (Å²) in [7, 11) is 0. The lowest BCUT2D eigenvalue weighted by Crippen LogP contribution is -1.94. The molecule has 0 radical (unpaired) electrons. The summed E-state index contributed by atoms with van der Waals surface area (Å²) in [6.45, 7) is 0. The van der Waals surface area contributed by atoms with Crippen LogP contribution in [-0.2, 0) is 5.75 Å². The molecule has 0 saturated carbocycles. The molecule has 2 rings (SSSR count). The van der Waals surface area contributed by atoms with Crippen LogP contribution in [0.1, 0.15) is 15.2 Å². The van der Waals surface area contributed by atoms with Gasteiger partial charge in [-0.1, -0.05) is 6.07 Å². The topological polar surface area (TPSA) is 37.3 Å². The molecule has 0 amide bonds. The molecule has 2 nitrogen and oxygen atoms in total. The first-order valence-electron chi connectivity index (χ1n) is 4.22. The van der Waals surface area contributed by atoms with Crippen molar-refractivity contribution in [3.8, 4) is 0 Å². The summed E-state index contributed by atoms with van der Waals surface area (Å²) in [5.74, 6) is -0.000713. The van der Waals surface area contributed by atoms with Gasteiger partial charge in [-0.3, -0.25) is 0 Å². The van der Waals surface area contributed by atoms with Gasteiger partial charge in [-0.25, -0.2) is 4.79 Å². The Morgan fingerprint density at radius 3 is 3.00 bits per heavy atom. The van der Waals surface area contributed by atoms with Crippen LogP contribution in [-0.4, -0.2) is 11.1 Å². The average molecular weight is 256 g/mol. The first-order chi connectivity index (χ1) is 7.27. The van der Waals surface area contributed by atoms with Gasteiger partial charge in [0.1, 0.15) is 0 Å². The van der Waals surface area contributed by atoms with Crippen molar-refractivity contribution in [1.29, 1.82) is 0 Å². The molecular formula is C10H8O2S3. The SMILES string of the molecule is O=C(O)c1cscc1SCc1cccs1. The minimum atomic E-state index is -0.843. The predicted octanol–water partition coefficient (Wildman–Crippen LogP) is 3.80. The monoisotopic (exact) mass is 256 g/mol. The first kappa shape index (κ1) is 10.7. The number of rotatable bonds is 4. The molecule has 1 N–H and O–H groups in total. The lowest BCUT2D eigenvalue weighted by molar-refractivity contribution is 0.0694. The van der Waals surface area contributed by atoms with E-state index in [-0.39, 0.29) is 0 Å². The second kappa shape index (κ2) is 4.83. The Hall–Kier alpha value is -0.780. The van der Waals surface area contributed by atoms with E-state index in [2.05, 4.69) is 6.07 Å². The van der Waals surface area contributed by atoms with E-state index in [1.165, 1.54) is 16.2 Å². The molecule has 0 fully saturated rings. The Morgan fingerprint density at radius 2 is 2.33 bits per heavy atom. The van der Waals surface area contributed by atoms with E-state index in [0.717, 1.165) is 10.6 Å². The van der Waals surface area contributed by atoms with Gasteiger partial charge in [0.05, 0.1) is 5.56 Å². The average Bonchev–Trinajstić information content (AvgIpc) is 2.86. The smallest absolute Gasteiger partial charge is 0.337 e. The highest BCUT2D eigenvalue weighted by Gasteiger charge is 2.11. The Balaban J connectivity index is 2.05. The lowest BCUT2D eigenvalue weighted by atomic mass is 10.3. The summed E-state index contributed by atoms with van der Waals surface area (Å²) in [5.41, 5.74) is 0.418. The van der Waals surface area contributed by atoms with E-state index in [1.54, 1.807) is 28.5 Å². The first-order valence-corrected chi connectivity index (χ1v) is 7.03. The molecule has 2 aromatic rings. The summed E-state index contributed by atoms with van der Waals surface area (Å²) < 4.78 is 0. The molecule has 0 atom stereocenters. The Labute approximate surface area is 99.6 Å². The highest BCUT2D eigenvalue weighted by atomic mass is 32.2. The quantitative estimate of drug-likeness (QED) is 0.845. The second-order valence-electron chi connectivity index (χ2n) is 2.82. The number of thiophene rings is 2. The zero-order valence-corrected chi connectivity index (χ0v) is 10.1.